The summed E-state index contributed by atoms with van der Waals surface area (Å²) in [5, 5.41) is 2.48. The zero-order chi connectivity index (χ0) is 15.9. The number of benzene rings is 1. The van der Waals surface area contributed by atoms with Crippen LogP contribution in [0.3, 0.4) is 0 Å². The second kappa shape index (κ2) is 7.36. The van der Waals surface area contributed by atoms with Crippen molar-refractivity contribution in [1.82, 2.24) is 0 Å². The van der Waals surface area contributed by atoms with Gasteiger partial charge in [-0.2, -0.15) is 0 Å². The Bertz CT molecular complexity index is 518. The van der Waals surface area contributed by atoms with E-state index in [-0.39, 0.29) is 24.6 Å². The summed E-state index contributed by atoms with van der Waals surface area (Å²) in [6.45, 7) is 0.0494. The van der Waals surface area contributed by atoms with Crippen molar-refractivity contribution in [1.29, 1.82) is 0 Å². The number of aliphatic imine (C=N–C) groups is 1. The smallest absolute Gasteiger partial charge is 0.469 e. The highest BCUT2D eigenvalue weighted by Crippen LogP contribution is 2.29. The van der Waals surface area contributed by atoms with Crippen molar-refractivity contribution >= 4 is 17.6 Å². The number of ether oxygens (including phenoxy) is 2. The van der Waals surface area contributed by atoms with Crippen LogP contribution in [0.1, 0.15) is 6.42 Å². The van der Waals surface area contributed by atoms with Gasteiger partial charge < -0.3 is 20.5 Å². The molecule has 0 amide bonds. The maximum absolute atomic E-state index is 12.2. The van der Waals surface area contributed by atoms with Gasteiger partial charge in [0.05, 0.1) is 25.8 Å². The van der Waals surface area contributed by atoms with Gasteiger partial charge in [-0.1, -0.05) is 12.1 Å². The molecule has 0 aliphatic heterocycles. The number of nitrogens with one attached hydrogen (secondary N) is 1. The molecule has 21 heavy (non-hydrogen) atoms. The predicted molar refractivity (Wildman–Crippen MR) is 69.9 cm³/mol. The molecule has 0 radical (unpaired) electrons. The summed E-state index contributed by atoms with van der Waals surface area (Å²) < 4.78 is 44.9. The lowest BCUT2D eigenvalue weighted by Gasteiger charge is -2.14. The van der Waals surface area contributed by atoms with E-state index >= 15 is 0 Å². The quantitative estimate of drug-likeness (QED) is 0.493. The molecule has 0 aliphatic carbocycles. The van der Waals surface area contributed by atoms with E-state index in [9.17, 15) is 18.0 Å². The molecular weight excluding hydrogens is 291 g/mol. The van der Waals surface area contributed by atoms with Crippen molar-refractivity contribution in [3.63, 3.8) is 0 Å². The van der Waals surface area contributed by atoms with Crippen LogP contribution in [0.2, 0.25) is 0 Å². The normalized spacial score (nSPS) is 11.9. The van der Waals surface area contributed by atoms with Crippen LogP contribution in [0, 0.1) is 0 Å². The molecule has 1 aromatic carbocycles. The van der Waals surface area contributed by atoms with E-state index in [0.717, 1.165) is 6.07 Å². The molecule has 0 aliphatic rings. The van der Waals surface area contributed by atoms with E-state index < -0.39 is 18.1 Å². The van der Waals surface area contributed by atoms with Gasteiger partial charge >= 0.3 is 12.3 Å². The van der Waals surface area contributed by atoms with Gasteiger partial charge in [-0.15, -0.1) is 13.2 Å². The van der Waals surface area contributed by atoms with Gasteiger partial charge in [0.1, 0.15) is 0 Å². The molecule has 9 heteroatoms. The van der Waals surface area contributed by atoms with Gasteiger partial charge in [0.2, 0.25) is 0 Å². The molecule has 0 aromatic heterocycles. The van der Waals surface area contributed by atoms with Crippen molar-refractivity contribution in [2.75, 3.05) is 19.0 Å². The van der Waals surface area contributed by atoms with E-state index in [4.69, 9.17) is 5.73 Å². The van der Waals surface area contributed by atoms with Crippen LogP contribution >= 0.6 is 0 Å². The Hall–Kier alpha value is -2.45. The lowest BCUT2D eigenvalue weighted by Crippen LogP contribution is -2.25. The largest absolute Gasteiger partial charge is 0.573 e. The van der Waals surface area contributed by atoms with Gasteiger partial charge in [-0.25, -0.2) is 0 Å². The number of carbonyl (C=O) groups excluding carboxylic acids is 1. The van der Waals surface area contributed by atoms with Gasteiger partial charge in [0.25, 0.3) is 0 Å². The molecule has 0 spiro atoms. The number of guanidine groups is 1. The number of carbonyl (C=O) groups is 1. The summed E-state index contributed by atoms with van der Waals surface area (Å²) in [5.74, 6) is -1.04. The summed E-state index contributed by atoms with van der Waals surface area (Å²) in [6.07, 6.45) is -4.80. The Morgan fingerprint density at radius 1 is 1.38 bits per heavy atom. The number of para-hydroxylation sites is 2. The number of rotatable bonds is 5. The highest BCUT2D eigenvalue weighted by molar-refractivity contribution is 5.93. The zero-order valence-corrected chi connectivity index (χ0v) is 11.1. The van der Waals surface area contributed by atoms with Crippen LogP contribution in [0.4, 0.5) is 18.9 Å². The Labute approximate surface area is 118 Å². The first-order valence-electron chi connectivity index (χ1n) is 5.80. The Morgan fingerprint density at radius 3 is 2.67 bits per heavy atom. The molecule has 116 valence electrons. The SMILES string of the molecule is COC(=O)CCN=C(N)Nc1ccccc1OC(F)(F)F. The number of methoxy groups -OCH3 is 1. The minimum Gasteiger partial charge on any atom is -0.469 e. The third kappa shape index (κ3) is 6.50. The summed E-state index contributed by atoms with van der Waals surface area (Å²) in [7, 11) is 1.23. The van der Waals surface area contributed by atoms with Crippen LogP contribution in [-0.4, -0.2) is 31.9 Å². The van der Waals surface area contributed by atoms with Gasteiger partial charge in [-0.3, -0.25) is 9.79 Å². The monoisotopic (exact) mass is 305 g/mol. The third-order valence-electron chi connectivity index (χ3n) is 2.20. The average Bonchev–Trinajstić information content (AvgIpc) is 2.39. The lowest BCUT2D eigenvalue weighted by molar-refractivity contribution is -0.274. The minimum atomic E-state index is -4.81. The van der Waals surface area contributed by atoms with Crippen LogP contribution in [0.25, 0.3) is 0 Å². The number of halogens is 3. The van der Waals surface area contributed by atoms with Crippen LogP contribution in [0.5, 0.6) is 5.75 Å². The van der Waals surface area contributed by atoms with Crippen molar-refractivity contribution in [3.05, 3.63) is 24.3 Å². The molecule has 0 heterocycles. The molecule has 1 aromatic rings. The van der Waals surface area contributed by atoms with Crippen LogP contribution in [0.15, 0.2) is 29.3 Å². The molecule has 0 saturated heterocycles. The van der Waals surface area contributed by atoms with E-state index in [1.807, 2.05) is 0 Å². The molecule has 0 unspecified atom stereocenters. The second-order valence-electron chi connectivity index (χ2n) is 3.76. The third-order valence-corrected chi connectivity index (χ3v) is 2.20. The predicted octanol–water partition coefficient (Wildman–Crippen LogP) is 1.87. The van der Waals surface area contributed by atoms with Gasteiger partial charge in [0.15, 0.2) is 11.7 Å². The first-order chi connectivity index (χ1) is 9.81. The first kappa shape index (κ1) is 16.6. The molecular formula is C12H14F3N3O3. The van der Waals surface area contributed by atoms with E-state index in [2.05, 4.69) is 19.8 Å². The minimum absolute atomic E-state index is 0.00847. The summed E-state index contributed by atoms with van der Waals surface area (Å²) in [5.41, 5.74) is 5.52. The van der Waals surface area contributed by atoms with Crippen LogP contribution < -0.4 is 15.8 Å². The van der Waals surface area contributed by atoms with Crippen molar-refractivity contribution in [3.8, 4) is 5.75 Å². The summed E-state index contributed by atoms with van der Waals surface area (Å²) >= 11 is 0. The number of esters is 1. The maximum atomic E-state index is 12.2. The van der Waals surface area contributed by atoms with E-state index in [1.165, 1.54) is 25.3 Å². The highest BCUT2D eigenvalue weighted by atomic mass is 19.4. The fourth-order valence-corrected chi connectivity index (χ4v) is 1.33. The molecule has 1 rings (SSSR count). The lowest BCUT2D eigenvalue weighted by atomic mass is 10.3. The second-order valence-corrected chi connectivity index (χ2v) is 3.76. The molecule has 0 fully saturated rings. The number of hydrogen-bond donors (Lipinski definition) is 2. The maximum Gasteiger partial charge on any atom is 0.573 e. The number of alkyl halides is 3. The summed E-state index contributed by atoms with van der Waals surface area (Å²) in [6, 6.07) is 5.38. The molecule has 0 bridgehead atoms. The van der Waals surface area contributed by atoms with E-state index in [1.54, 1.807) is 0 Å². The van der Waals surface area contributed by atoms with Crippen molar-refractivity contribution < 1.29 is 27.4 Å². The van der Waals surface area contributed by atoms with Gasteiger partial charge in [-0.05, 0) is 12.1 Å². The van der Waals surface area contributed by atoms with E-state index in [0.29, 0.717) is 0 Å². The highest BCUT2D eigenvalue weighted by Gasteiger charge is 2.32. The Morgan fingerprint density at radius 2 is 2.05 bits per heavy atom. The molecule has 6 nitrogen and oxygen atoms in total. The molecule has 0 atom stereocenters. The fraction of sp³-hybridized carbons (Fsp3) is 0.333. The van der Waals surface area contributed by atoms with Crippen LogP contribution in [-0.2, 0) is 9.53 Å². The fourth-order valence-electron chi connectivity index (χ4n) is 1.33. The standard InChI is InChI=1S/C12H14F3N3O3/c1-20-10(19)6-7-17-11(16)18-8-4-2-3-5-9(8)21-12(13,14)15/h2-5H,6-7H2,1H3,(H3,16,17,18). The van der Waals surface area contributed by atoms with Gasteiger partial charge in [0, 0.05) is 0 Å². The Balaban J connectivity index is 2.69. The van der Waals surface area contributed by atoms with Crippen molar-refractivity contribution in [2.45, 2.75) is 12.8 Å². The first-order valence-corrected chi connectivity index (χ1v) is 5.80. The average molecular weight is 305 g/mol. The summed E-state index contributed by atoms with van der Waals surface area (Å²) in [4.78, 5) is 14.7. The molecule has 0 saturated carbocycles. The Kier molecular flexibility index (Phi) is 5.82. The number of hydrogen-bond acceptors (Lipinski definition) is 4. The topological polar surface area (TPSA) is 85.9 Å². The molecule has 3 N–H and O–H groups in total. The number of nitrogens with two attached hydrogens (primary N) is 1. The van der Waals surface area contributed by atoms with Crippen molar-refractivity contribution in [2.24, 2.45) is 10.7 Å². The number of anilines is 1. The zero-order valence-electron chi connectivity index (χ0n) is 11.1. The number of nitrogens with zero attached hydrogens (tertiary/aromatic N) is 1.